The van der Waals surface area contributed by atoms with Crippen molar-refractivity contribution in [2.45, 2.75) is 25.3 Å². The van der Waals surface area contributed by atoms with Gasteiger partial charge in [0.2, 0.25) is 0 Å². The van der Waals surface area contributed by atoms with Crippen LogP contribution < -0.4 is 5.73 Å². The first kappa shape index (κ1) is 9.04. The van der Waals surface area contributed by atoms with Gasteiger partial charge < -0.3 is 10.8 Å². The summed E-state index contributed by atoms with van der Waals surface area (Å²) in [6.07, 6.45) is 2.70. The molecule has 0 heterocycles. The molecule has 0 aromatic heterocycles. The maximum absolute atomic E-state index is 9.63. The van der Waals surface area contributed by atoms with Crippen molar-refractivity contribution in [2.24, 2.45) is 5.73 Å². The highest BCUT2D eigenvalue weighted by molar-refractivity contribution is 5.51. The third kappa shape index (κ3) is 1.24. The van der Waals surface area contributed by atoms with Crippen LogP contribution in [0.2, 0.25) is 0 Å². The topological polar surface area (TPSA) is 70.0 Å². The molecule has 0 bridgehead atoms. The van der Waals surface area contributed by atoms with Crippen LogP contribution in [0.4, 0.5) is 0 Å². The molecule has 1 aliphatic rings. The Labute approximate surface area is 82.8 Å². The summed E-state index contributed by atoms with van der Waals surface area (Å²) in [6.45, 7) is 0. The fourth-order valence-corrected chi connectivity index (χ4v) is 2.08. The second kappa shape index (κ2) is 3.32. The molecule has 0 radical (unpaired) electrons. The second-order valence-corrected chi connectivity index (χ2v) is 3.64. The van der Waals surface area contributed by atoms with Gasteiger partial charge in [-0.15, -0.1) is 0 Å². The molecule has 1 atom stereocenters. The first-order valence-electron chi connectivity index (χ1n) is 4.74. The van der Waals surface area contributed by atoms with E-state index in [-0.39, 0.29) is 11.8 Å². The number of nitrogens with two attached hydrogens (primary N) is 1. The molecule has 3 N–H and O–H groups in total. The number of fused-ring (bicyclic) bond motifs is 1. The Morgan fingerprint density at radius 1 is 1.50 bits per heavy atom. The molecule has 0 unspecified atom stereocenters. The standard InChI is InChI=1S/C11H12N2O/c12-6-7-4-5-10(14)8-2-1-3-9(13)11(7)8/h4-5,9,14H,1-3,13H2/t9-/m0/s1. The third-order valence-corrected chi connectivity index (χ3v) is 2.77. The molecular weight excluding hydrogens is 176 g/mol. The predicted octanol–water partition coefficient (Wildman–Crippen LogP) is 1.60. The van der Waals surface area contributed by atoms with E-state index in [9.17, 15) is 5.11 Å². The summed E-state index contributed by atoms with van der Waals surface area (Å²) in [5.74, 6) is 0.272. The number of hydrogen-bond acceptors (Lipinski definition) is 3. The number of nitriles is 1. The van der Waals surface area contributed by atoms with Crippen molar-refractivity contribution >= 4 is 0 Å². The van der Waals surface area contributed by atoms with Crippen LogP contribution in [0.15, 0.2) is 12.1 Å². The highest BCUT2D eigenvalue weighted by atomic mass is 16.3. The van der Waals surface area contributed by atoms with Crippen molar-refractivity contribution in [1.29, 1.82) is 5.26 Å². The number of phenolic OH excluding ortho intramolecular Hbond substituents is 1. The number of rotatable bonds is 0. The molecule has 3 heteroatoms. The number of aromatic hydroxyl groups is 1. The summed E-state index contributed by atoms with van der Waals surface area (Å²) < 4.78 is 0. The summed E-state index contributed by atoms with van der Waals surface area (Å²) in [5, 5.41) is 18.5. The summed E-state index contributed by atoms with van der Waals surface area (Å²) >= 11 is 0. The Hall–Kier alpha value is -1.53. The highest BCUT2D eigenvalue weighted by Gasteiger charge is 2.22. The van der Waals surface area contributed by atoms with Crippen LogP contribution in [0.5, 0.6) is 5.75 Å². The van der Waals surface area contributed by atoms with Crippen LogP contribution in [0.1, 0.15) is 35.6 Å². The molecular formula is C11H12N2O. The quantitative estimate of drug-likeness (QED) is 0.649. The van der Waals surface area contributed by atoms with E-state index in [0.29, 0.717) is 5.56 Å². The first-order chi connectivity index (χ1) is 6.74. The molecule has 0 spiro atoms. The van der Waals surface area contributed by atoms with Crippen molar-refractivity contribution in [3.8, 4) is 11.8 Å². The van der Waals surface area contributed by atoms with Crippen LogP contribution in [0.3, 0.4) is 0 Å². The van der Waals surface area contributed by atoms with Gasteiger partial charge in [-0.1, -0.05) is 0 Å². The molecule has 0 aliphatic heterocycles. The molecule has 14 heavy (non-hydrogen) atoms. The third-order valence-electron chi connectivity index (χ3n) is 2.77. The van der Waals surface area contributed by atoms with Gasteiger partial charge in [0.15, 0.2) is 0 Å². The number of phenols is 1. The number of benzene rings is 1. The van der Waals surface area contributed by atoms with Crippen molar-refractivity contribution in [3.63, 3.8) is 0 Å². The Morgan fingerprint density at radius 3 is 3.00 bits per heavy atom. The molecule has 0 saturated carbocycles. The highest BCUT2D eigenvalue weighted by Crippen LogP contribution is 2.35. The molecule has 0 fully saturated rings. The van der Waals surface area contributed by atoms with E-state index >= 15 is 0 Å². The van der Waals surface area contributed by atoms with E-state index in [1.807, 2.05) is 0 Å². The molecule has 72 valence electrons. The van der Waals surface area contributed by atoms with Crippen molar-refractivity contribution < 1.29 is 5.11 Å². The summed E-state index contributed by atoms with van der Waals surface area (Å²) in [6, 6.07) is 5.24. The normalized spacial score (nSPS) is 19.9. The average molecular weight is 188 g/mol. The lowest BCUT2D eigenvalue weighted by Gasteiger charge is -2.23. The minimum atomic E-state index is -0.0968. The second-order valence-electron chi connectivity index (χ2n) is 3.64. The van der Waals surface area contributed by atoms with Crippen molar-refractivity contribution in [1.82, 2.24) is 0 Å². The monoisotopic (exact) mass is 188 g/mol. The molecule has 2 rings (SSSR count). The number of hydrogen-bond donors (Lipinski definition) is 2. The van der Waals surface area contributed by atoms with Gasteiger partial charge in [0, 0.05) is 6.04 Å². The van der Waals surface area contributed by atoms with E-state index in [1.165, 1.54) is 0 Å². The molecule has 1 aliphatic carbocycles. The number of nitrogens with zero attached hydrogens (tertiary/aromatic N) is 1. The largest absolute Gasteiger partial charge is 0.508 e. The van der Waals surface area contributed by atoms with Crippen LogP contribution in [0.25, 0.3) is 0 Å². The minimum Gasteiger partial charge on any atom is -0.508 e. The zero-order chi connectivity index (χ0) is 10.1. The van der Waals surface area contributed by atoms with Gasteiger partial charge in [-0.3, -0.25) is 0 Å². The van der Waals surface area contributed by atoms with Crippen LogP contribution in [-0.2, 0) is 6.42 Å². The zero-order valence-electron chi connectivity index (χ0n) is 7.83. The lowest BCUT2D eigenvalue weighted by Crippen LogP contribution is -2.19. The molecule has 1 aromatic carbocycles. The van der Waals surface area contributed by atoms with Crippen molar-refractivity contribution in [2.75, 3.05) is 0 Å². The van der Waals surface area contributed by atoms with E-state index < -0.39 is 0 Å². The van der Waals surface area contributed by atoms with Gasteiger partial charge in [0.1, 0.15) is 5.75 Å². The smallest absolute Gasteiger partial charge is 0.119 e. The maximum atomic E-state index is 9.63. The van der Waals surface area contributed by atoms with Gasteiger partial charge in [-0.2, -0.15) is 5.26 Å². The lowest BCUT2D eigenvalue weighted by molar-refractivity contribution is 0.455. The SMILES string of the molecule is N#Cc1ccc(O)c2c1[C@@H](N)CCC2. The average Bonchev–Trinajstić information content (AvgIpc) is 2.20. The minimum absolute atomic E-state index is 0.0968. The van der Waals surface area contributed by atoms with Crippen LogP contribution in [0, 0.1) is 11.3 Å². The van der Waals surface area contributed by atoms with Gasteiger partial charge in [-0.05, 0) is 42.5 Å². The predicted molar refractivity (Wildman–Crippen MR) is 52.7 cm³/mol. The van der Waals surface area contributed by atoms with Gasteiger partial charge in [0.05, 0.1) is 11.6 Å². The van der Waals surface area contributed by atoms with Crippen LogP contribution >= 0.6 is 0 Å². The molecule has 0 amide bonds. The van der Waals surface area contributed by atoms with Gasteiger partial charge in [-0.25, -0.2) is 0 Å². The Kier molecular flexibility index (Phi) is 2.14. The molecule has 1 aromatic rings. The molecule has 0 saturated heterocycles. The Bertz CT molecular complexity index is 406. The zero-order valence-corrected chi connectivity index (χ0v) is 7.83. The van der Waals surface area contributed by atoms with E-state index in [1.54, 1.807) is 12.1 Å². The van der Waals surface area contributed by atoms with Crippen molar-refractivity contribution in [3.05, 3.63) is 28.8 Å². The Morgan fingerprint density at radius 2 is 2.29 bits per heavy atom. The van der Waals surface area contributed by atoms with E-state index in [2.05, 4.69) is 6.07 Å². The first-order valence-corrected chi connectivity index (χ1v) is 4.74. The molecule has 3 nitrogen and oxygen atoms in total. The summed E-state index contributed by atoms with van der Waals surface area (Å²) in [4.78, 5) is 0. The summed E-state index contributed by atoms with van der Waals surface area (Å²) in [5.41, 5.74) is 8.24. The van der Waals surface area contributed by atoms with Gasteiger partial charge >= 0.3 is 0 Å². The fraction of sp³-hybridized carbons (Fsp3) is 0.364. The maximum Gasteiger partial charge on any atom is 0.119 e. The van der Waals surface area contributed by atoms with E-state index in [4.69, 9.17) is 11.0 Å². The Balaban J connectivity index is 2.65. The van der Waals surface area contributed by atoms with E-state index in [0.717, 1.165) is 30.4 Å². The summed E-state index contributed by atoms with van der Waals surface area (Å²) in [7, 11) is 0. The van der Waals surface area contributed by atoms with Gasteiger partial charge in [0.25, 0.3) is 0 Å². The van der Waals surface area contributed by atoms with Crippen LogP contribution in [-0.4, -0.2) is 5.11 Å². The fourth-order valence-electron chi connectivity index (χ4n) is 2.08. The lowest BCUT2D eigenvalue weighted by atomic mass is 9.85.